The predicted molar refractivity (Wildman–Crippen MR) is 139 cm³/mol. The molecule has 2 aromatic carbocycles. The quantitative estimate of drug-likeness (QED) is 0.471. The first-order chi connectivity index (χ1) is 17.4. The highest BCUT2D eigenvalue weighted by atomic mass is 15.5. The molecule has 2 heteroatoms. The van der Waals surface area contributed by atoms with Crippen molar-refractivity contribution in [3.8, 4) is 0 Å². The molecular formula is C31H40N2. The average Bonchev–Trinajstić information content (AvgIpc) is 3.36. The highest BCUT2D eigenvalue weighted by molar-refractivity contribution is 5.83. The van der Waals surface area contributed by atoms with E-state index in [1.165, 1.54) is 81.0 Å². The van der Waals surface area contributed by atoms with Gasteiger partial charge in [0.05, 0.1) is 11.2 Å². The molecule has 0 amide bonds. The monoisotopic (exact) mass is 443 g/mol. The second-order valence-electron chi connectivity index (χ2n) is 10.9. The van der Waals surface area contributed by atoms with Crippen LogP contribution in [-0.2, 0) is 5.54 Å². The van der Waals surface area contributed by atoms with Crippen LogP contribution in [0.5, 0.6) is 0 Å². The highest BCUT2D eigenvalue weighted by Gasteiger charge is 2.60. The smallest absolute Gasteiger partial charge is 0.104 e. The molecule has 0 saturated heterocycles. The molecular weight excluding hydrogens is 400 g/mol. The van der Waals surface area contributed by atoms with Crippen molar-refractivity contribution in [3.63, 3.8) is 0 Å². The lowest BCUT2D eigenvalue weighted by molar-refractivity contribution is -0.0195. The number of nitrogens with zero attached hydrogens (tertiary/aromatic N) is 2. The number of anilines is 1. The number of hydrogen-bond acceptors (Lipinski definition) is 2. The van der Waals surface area contributed by atoms with Crippen molar-refractivity contribution in [2.45, 2.75) is 96.6 Å². The molecule has 0 bridgehead atoms. The van der Waals surface area contributed by atoms with Gasteiger partial charge in [-0.1, -0.05) is 81.0 Å². The average molecular weight is 444 g/mol. The van der Waals surface area contributed by atoms with Crippen LogP contribution in [0.1, 0.15) is 98.8 Å². The summed E-state index contributed by atoms with van der Waals surface area (Å²) in [4.78, 5) is 4.66. The predicted octanol–water partition coefficient (Wildman–Crippen LogP) is 8.22. The van der Waals surface area contributed by atoms with Crippen molar-refractivity contribution in [2.75, 3.05) is 4.90 Å². The maximum atomic E-state index is 8.96. The molecule has 0 aromatic heterocycles. The van der Waals surface area contributed by atoms with Crippen LogP contribution < -0.4 is 4.90 Å². The van der Waals surface area contributed by atoms with Crippen LogP contribution in [0.4, 0.5) is 5.69 Å². The maximum Gasteiger partial charge on any atom is 0.104 e. The lowest BCUT2D eigenvalue weighted by atomic mass is 9.61. The minimum Gasteiger partial charge on any atom is -0.339 e. The molecule has 0 radical (unpaired) electrons. The Morgan fingerprint density at radius 1 is 0.788 bits per heavy atom. The third-order valence-corrected chi connectivity index (χ3v) is 9.28. The lowest BCUT2D eigenvalue weighted by Crippen LogP contribution is -2.57. The Kier molecular flexibility index (Phi) is 4.52. The summed E-state index contributed by atoms with van der Waals surface area (Å²) in [6.45, 7) is 2.12. The molecule has 1 unspecified atom stereocenters. The van der Waals surface area contributed by atoms with Gasteiger partial charge in [0.2, 0.25) is 0 Å². The van der Waals surface area contributed by atoms with E-state index >= 15 is 0 Å². The van der Waals surface area contributed by atoms with Crippen molar-refractivity contribution < 1.29 is 4.11 Å². The van der Waals surface area contributed by atoms with Crippen LogP contribution in [0.2, 0.25) is 0 Å². The van der Waals surface area contributed by atoms with Crippen LogP contribution in [-0.4, -0.2) is 11.1 Å². The summed E-state index contributed by atoms with van der Waals surface area (Å²) in [6, 6.07) is 17.3. The molecule has 2 aromatic rings. The summed E-state index contributed by atoms with van der Waals surface area (Å²) in [5, 5.41) is 0. The number of allylic oxidation sites excluding steroid dienone is 1. The van der Waals surface area contributed by atoms with E-state index in [9.17, 15) is 0 Å². The van der Waals surface area contributed by atoms with Gasteiger partial charge in [-0.25, -0.2) is 0 Å². The van der Waals surface area contributed by atoms with Crippen LogP contribution in [0.15, 0.2) is 54.2 Å². The summed E-state index contributed by atoms with van der Waals surface area (Å²) in [5.74, 6) is 0.977. The first kappa shape index (κ1) is 18.2. The molecule has 33 heavy (non-hydrogen) atoms. The molecule has 6 rings (SSSR count). The molecule has 2 aliphatic carbocycles. The Balaban J connectivity index is 1.65. The molecule has 174 valence electrons. The zero-order valence-corrected chi connectivity index (χ0v) is 20.3. The Hall–Kier alpha value is -2.22. The molecule has 4 aliphatic rings. The van der Waals surface area contributed by atoms with E-state index in [1.54, 1.807) is 0 Å². The Bertz CT molecular complexity index is 1140. The highest BCUT2D eigenvalue weighted by Crippen LogP contribution is 2.63. The number of rotatable bonds is 3. The fourth-order valence-electron chi connectivity index (χ4n) is 7.99. The van der Waals surface area contributed by atoms with Crippen molar-refractivity contribution in [1.29, 1.82) is 0 Å². The number of benzene rings is 2. The Morgan fingerprint density at radius 3 is 2.03 bits per heavy atom. The van der Waals surface area contributed by atoms with Crippen LogP contribution in [0.25, 0.3) is 5.70 Å². The number of fused-ring (bicyclic) bond motifs is 3. The van der Waals surface area contributed by atoms with Gasteiger partial charge in [-0.2, -0.15) is 0 Å². The normalized spacial score (nSPS) is 27.2. The maximum absolute atomic E-state index is 8.96. The molecule has 0 N–H and O–H groups in total. The molecule has 2 aliphatic heterocycles. The molecule has 0 spiro atoms. The Labute approximate surface area is 204 Å². The molecule has 2 nitrogen and oxygen atoms in total. The van der Waals surface area contributed by atoms with Crippen LogP contribution >= 0.6 is 0 Å². The lowest BCUT2D eigenvalue weighted by Gasteiger charge is -2.54. The third-order valence-electron chi connectivity index (χ3n) is 9.28. The fourth-order valence-corrected chi connectivity index (χ4v) is 7.99. The van der Waals surface area contributed by atoms with Gasteiger partial charge in [-0.05, 0) is 75.4 Å². The van der Waals surface area contributed by atoms with E-state index in [-0.39, 0.29) is 5.54 Å². The number of aryl methyl sites for hydroxylation is 1. The van der Waals surface area contributed by atoms with E-state index in [4.69, 9.17) is 4.11 Å². The van der Waals surface area contributed by atoms with Gasteiger partial charge in [-0.15, -0.1) is 0 Å². The molecule has 1 atom stereocenters. The first-order valence-corrected chi connectivity index (χ1v) is 13.3. The number of hydrogen-bond donors (Lipinski definition) is 0. The van der Waals surface area contributed by atoms with Gasteiger partial charge < -0.3 is 9.80 Å². The van der Waals surface area contributed by atoms with Gasteiger partial charge >= 0.3 is 0 Å². The van der Waals surface area contributed by atoms with Gasteiger partial charge in [0.25, 0.3) is 0 Å². The van der Waals surface area contributed by atoms with E-state index < -0.39 is 13.0 Å². The Morgan fingerprint density at radius 2 is 1.39 bits per heavy atom. The molecule has 2 saturated carbocycles. The summed E-state index contributed by atoms with van der Waals surface area (Å²) < 4.78 is 26.9. The van der Waals surface area contributed by atoms with Crippen molar-refractivity contribution in [2.24, 2.45) is 11.8 Å². The standard InChI is InChI=1S/C31H40N2/c1-22-14-10-13-21-29(22)32-23(2)30-27-19-11-12-20-28(27)31(33(30)24(32)3,25-15-6-4-7-16-25)26-17-8-5-9-18-26/h10-14,19-21,24-26H,4-9,15-18H2,1-3H3/i3D3. The summed E-state index contributed by atoms with van der Waals surface area (Å²) in [6.07, 6.45) is 11.7. The van der Waals surface area contributed by atoms with Crippen LogP contribution in [0.3, 0.4) is 0 Å². The zero-order valence-electron chi connectivity index (χ0n) is 23.3. The van der Waals surface area contributed by atoms with Crippen LogP contribution in [0, 0.1) is 18.8 Å². The zero-order chi connectivity index (χ0) is 25.1. The summed E-state index contributed by atoms with van der Waals surface area (Å²) in [7, 11) is 0. The van der Waals surface area contributed by atoms with E-state index in [1.807, 2.05) is 12.1 Å². The topological polar surface area (TPSA) is 6.48 Å². The van der Waals surface area contributed by atoms with Crippen molar-refractivity contribution in [3.05, 3.63) is 70.9 Å². The minimum absolute atomic E-state index is 0.246. The van der Waals surface area contributed by atoms with Gasteiger partial charge in [-0.3, -0.25) is 0 Å². The largest absolute Gasteiger partial charge is 0.339 e. The van der Waals surface area contributed by atoms with Crippen molar-refractivity contribution in [1.82, 2.24) is 4.90 Å². The van der Waals surface area contributed by atoms with E-state index in [2.05, 4.69) is 60.0 Å². The van der Waals surface area contributed by atoms with E-state index in [0.29, 0.717) is 11.8 Å². The first-order valence-electron chi connectivity index (χ1n) is 14.8. The third kappa shape index (κ3) is 2.98. The molecule has 2 fully saturated rings. The van der Waals surface area contributed by atoms with Gasteiger partial charge in [0, 0.05) is 21.1 Å². The minimum atomic E-state index is -2.15. The second-order valence-corrected chi connectivity index (χ2v) is 10.9. The second kappa shape index (κ2) is 8.22. The fraction of sp³-hybridized carbons (Fsp3) is 0.548. The molecule has 2 heterocycles. The van der Waals surface area contributed by atoms with Gasteiger partial charge in [0.15, 0.2) is 0 Å². The van der Waals surface area contributed by atoms with Gasteiger partial charge in [0.1, 0.15) is 6.17 Å². The number of para-hydroxylation sites is 1. The SMILES string of the molecule is [2H]C([2H])([2H])C1N(c2ccccc2C)C(C)=C2c3ccccc3C(C3CCCCC3)(C3CCCCC3)N21. The van der Waals surface area contributed by atoms with Crippen molar-refractivity contribution >= 4 is 11.4 Å². The van der Waals surface area contributed by atoms with E-state index in [0.717, 1.165) is 16.9 Å². The summed E-state index contributed by atoms with van der Waals surface area (Å²) >= 11 is 0. The summed E-state index contributed by atoms with van der Waals surface area (Å²) in [5.41, 5.74) is 6.86.